The molecule has 33 heavy (non-hydrogen) atoms. The Balaban J connectivity index is 1.64. The summed E-state index contributed by atoms with van der Waals surface area (Å²) in [5.74, 6) is 0.0223. The molecular weight excluding hydrogens is 410 g/mol. The highest BCUT2D eigenvalue weighted by Gasteiger charge is 2.26. The van der Waals surface area contributed by atoms with Crippen LogP contribution in [-0.2, 0) is 11.8 Å². The summed E-state index contributed by atoms with van der Waals surface area (Å²) in [5.41, 5.74) is 6.97. The number of rotatable bonds is 7. The fourth-order valence-electron chi connectivity index (χ4n) is 5.41. The molecular formula is C28H35N3O2. The van der Waals surface area contributed by atoms with Gasteiger partial charge in [-0.05, 0) is 74.9 Å². The molecule has 174 valence electrons. The summed E-state index contributed by atoms with van der Waals surface area (Å²) in [4.78, 5) is 28.4. The Bertz CT molecular complexity index is 1130. The fraction of sp³-hybridized carbons (Fsp3) is 0.464. The van der Waals surface area contributed by atoms with Crippen LogP contribution in [0.15, 0.2) is 47.8 Å². The quantitative estimate of drug-likeness (QED) is 0.503. The molecule has 1 aromatic heterocycles. The Morgan fingerprint density at radius 1 is 1.12 bits per heavy atom. The summed E-state index contributed by atoms with van der Waals surface area (Å²) in [5, 5.41) is 4.33. The highest BCUT2D eigenvalue weighted by Crippen LogP contribution is 2.35. The molecule has 2 aliphatic rings. The number of aryl methyl sites for hydroxylation is 1. The van der Waals surface area contributed by atoms with Crippen LogP contribution in [0.25, 0.3) is 11.1 Å². The molecule has 0 N–H and O–H groups in total. The van der Waals surface area contributed by atoms with Crippen molar-refractivity contribution in [1.29, 1.82) is 0 Å². The number of carbonyl (C=O) groups is 2. The molecule has 0 radical (unpaired) electrons. The average Bonchev–Trinajstić information content (AvgIpc) is 3.44. The monoisotopic (exact) mass is 445 g/mol. The second-order valence-corrected chi connectivity index (χ2v) is 9.81. The van der Waals surface area contributed by atoms with E-state index in [-0.39, 0.29) is 17.5 Å². The molecule has 1 saturated carbocycles. The van der Waals surface area contributed by atoms with Crippen LogP contribution < -0.4 is 4.90 Å². The summed E-state index contributed by atoms with van der Waals surface area (Å²) in [6.07, 6.45) is 13.4. The number of anilines is 1. The number of Topliss-reactive ketones (excluding diaryl/α,β-unsaturated/α-hetero) is 1. The SMILES string of the molecule is CC1=CC(=O)C(CCC(=O)c2cc(-c3cnn(C)c3)cc(N(C)C3CCCC3)c2C)C(C)=C1. The molecule has 5 nitrogen and oxygen atoms in total. The summed E-state index contributed by atoms with van der Waals surface area (Å²) >= 11 is 0. The van der Waals surface area contributed by atoms with E-state index in [9.17, 15) is 9.59 Å². The molecule has 0 aliphatic heterocycles. The lowest BCUT2D eigenvalue weighted by Gasteiger charge is -2.29. The Morgan fingerprint density at radius 2 is 1.85 bits per heavy atom. The van der Waals surface area contributed by atoms with Crippen molar-refractivity contribution in [2.75, 3.05) is 11.9 Å². The van der Waals surface area contributed by atoms with E-state index in [1.807, 2.05) is 39.4 Å². The molecule has 0 bridgehead atoms. The number of carbonyl (C=O) groups excluding carboxylic acids is 2. The van der Waals surface area contributed by atoms with E-state index in [0.717, 1.165) is 39.1 Å². The third kappa shape index (κ3) is 4.87. The Hall–Kier alpha value is -2.95. The van der Waals surface area contributed by atoms with Crippen LogP contribution in [0.2, 0.25) is 0 Å². The van der Waals surface area contributed by atoms with E-state index in [1.165, 1.54) is 25.7 Å². The van der Waals surface area contributed by atoms with Crippen molar-refractivity contribution in [3.05, 3.63) is 59.0 Å². The van der Waals surface area contributed by atoms with Gasteiger partial charge in [0.15, 0.2) is 11.6 Å². The van der Waals surface area contributed by atoms with Gasteiger partial charge in [-0.2, -0.15) is 5.10 Å². The molecule has 5 heteroatoms. The minimum absolute atomic E-state index is 0.103. The van der Waals surface area contributed by atoms with Crippen molar-refractivity contribution in [2.45, 2.75) is 65.3 Å². The maximum absolute atomic E-state index is 13.5. The van der Waals surface area contributed by atoms with E-state index >= 15 is 0 Å². The van der Waals surface area contributed by atoms with Gasteiger partial charge in [-0.15, -0.1) is 0 Å². The van der Waals surface area contributed by atoms with Crippen molar-refractivity contribution >= 4 is 17.3 Å². The first-order valence-corrected chi connectivity index (χ1v) is 12.0. The molecule has 2 aliphatic carbocycles. The van der Waals surface area contributed by atoms with E-state index in [1.54, 1.807) is 10.8 Å². The Morgan fingerprint density at radius 3 is 2.48 bits per heavy atom. The topological polar surface area (TPSA) is 55.2 Å². The first-order valence-electron chi connectivity index (χ1n) is 12.0. The lowest BCUT2D eigenvalue weighted by Crippen LogP contribution is -2.30. The van der Waals surface area contributed by atoms with Crippen LogP contribution in [0.5, 0.6) is 0 Å². The lowest BCUT2D eigenvalue weighted by molar-refractivity contribution is -0.117. The van der Waals surface area contributed by atoms with Gasteiger partial charge >= 0.3 is 0 Å². The molecule has 1 aromatic carbocycles. The number of nitrogens with zero attached hydrogens (tertiary/aromatic N) is 3. The van der Waals surface area contributed by atoms with Gasteiger partial charge in [-0.3, -0.25) is 14.3 Å². The van der Waals surface area contributed by atoms with Gasteiger partial charge in [0.2, 0.25) is 0 Å². The number of allylic oxidation sites excluding steroid dienone is 4. The van der Waals surface area contributed by atoms with E-state index < -0.39 is 0 Å². The van der Waals surface area contributed by atoms with Gasteiger partial charge in [0.1, 0.15) is 0 Å². The highest BCUT2D eigenvalue weighted by molar-refractivity contribution is 6.01. The number of ketones is 2. The van der Waals surface area contributed by atoms with Gasteiger partial charge in [-0.1, -0.05) is 24.5 Å². The van der Waals surface area contributed by atoms with Crippen LogP contribution in [0.4, 0.5) is 5.69 Å². The van der Waals surface area contributed by atoms with Crippen molar-refractivity contribution in [3.8, 4) is 11.1 Å². The molecule has 2 aromatic rings. The molecule has 1 heterocycles. The second-order valence-electron chi connectivity index (χ2n) is 9.81. The fourth-order valence-corrected chi connectivity index (χ4v) is 5.41. The van der Waals surface area contributed by atoms with Crippen molar-refractivity contribution in [2.24, 2.45) is 13.0 Å². The normalized spacial score (nSPS) is 18.9. The van der Waals surface area contributed by atoms with E-state index in [0.29, 0.717) is 18.9 Å². The number of hydrogen-bond acceptors (Lipinski definition) is 4. The van der Waals surface area contributed by atoms with Crippen molar-refractivity contribution in [1.82, 2.24) is 9.78 Å². The van der Waals surface area contributed by atoms with Crippen LogP contribution in [0.1, 0.15) is 68.3 Å². The molecule has 1 atom stereocenters. The average molecular weight is 446 g/mol. The summed E-state index contributed by atoms with van der Waals surface area (Å²) in [7, 11) is 4.06. The first kappa shape index (κ1) is 23.2. The molecule has 1 unspecified atom stereocenters. The maximum atomic E-state index is 13.5. The third-order valence-corrected chi connectivity index (χ3v) is 7.35. The molecule has 1 fully saturated rings. The predicted molar refractivity (Wildman–Crippen MR) is 134 cm³/mol. The molecule has 0 saturated heterocycles. The van der Waals surface area contributed by atoms with Gasteiger partial charge < -0.3 is 4.90 Å². The van der Waals surface area contributed by atoms with Crippen molar-refractivity contribution < 1.29 is 9.59 Å². The van der Waals surface area contributed by atoms with Gasteiger partial charge in [-0.25, -0.2) is 0 Å². The minimum atomic E-state index is -0.194. The first-order chi connectivity index (χ1) is 15.7. The lowest BCUT2D eigenvalue weighted by atomic mass is 9.84. The zero-order valence-electron chi connectivity index (χ0n) is 20.5. The van der Waals surface area contributed by atoms with E-state index in [2.05, 4.69) is 36.1 Å². The Kier molecular flexibility index (Phi) is 6.68. The van der Waals surface area contributed by atoms with Crippen molar-refractivity contribution in [3.63, 3.8) is 0 Å². The highest BCUT2D eigenvalue weighted by atomic mass is 16.1. The van der Waals surface area contributed by atoms with Gasteiger partial charge in [0.05, 0.1) is 6.20 Å². The predicted octanol–water partition coefficient (Wildman–Crippen LogP) is 5.83. The molecule has 4 rings (SSSR count). The van der Waals surface area contributed by atoms with Crippen LogP contribution >= 0.6 is 0 Å². The van der Waals surface area contributed by atoms with Gasteiger partial charge in [0, 0.05) is 55.5 Å². The molecule has 0 spiro atoms. The van der Waals surface area contributed by atoms with Crippen LogP contribution in [-0.4, -0.2) is 34.4 Å². The minimum Gasteiger partial charge on any atom is -0.371 e. The number of benzene rings is 1. The van der Waals surface area contributed by atoms with Crippen LogP contribution in [0, 0.1) is 12.8 Å². The maximum Gasteiger partial charge on any atom is 0.163 e. The second kappa shape index (κ2) is 9.50. The summed E-state index contributed by atoms with van der Waals surface area (Å²) in [6.45, 7) is 6.00. The van der Waals surface area contributed by atoms with Gasteiger partial charge in [0.25, 0.3) is 0 Å². The molecule has 0 amide bonds. The number of hydrogen-bond donors (Lipinski definition) is 0. The third-order valence-electron chi connectivity index (χ3n) is 7.35. The standard InChI is InChI=1S/C28H35N3O2/c1-18-12-19(2)24(28(33)13-18)10-11-27(32)25-14-21(22-16-29-30(4)17-22)15-26(20(25)3)31(5)23-8-6-7-9-23/h12-17,23-24H,6-11H2,1-5H3. The van der Waals surface area contributed by atoms with E-state index in [4.69, 9.17) is 0 Å². The Labute approximate surface area is 197 Å². The van der Waals surface area contributed by atoms with Crippen LogP contribution in [0.3, 0.4) is 0 Å². The summed E-state index contributed by atoms with van der Waals surface area (Å²) < 4.78 is 1.79. The largest absolute Gasteiger partial charge is 0.371 e. The number of aromatic nitrogens is 2. The smallest absolute Gasteiger partial charge is 0.163 e. The zero-order valence-corrected chi connectivity index (χ0v) is 20.5. The zero-order chi connectivity index (χ0) is 23.7. The summed E-state index contributed by atoms with van der Waals surface area (Å²) in [6, 6.07) is 4.72.